The van der Waals surface area contributed by atoms with Crippen molar-refractivity contribution < 1.29 is 13.2 Å². The molecule has 3 rings (SSSR count). The van der Waals surface area contributed by atoms with Crippen LogP contribution < -0.4 is 5.32 Å². The second-order valence-corrected chi connectivity index (χ2v) is 10.2. The van der Waals surface area contributed by atoms with Crippen LogP contribution in [0.2, 0.25) is 20.1 Å². The van der Waals surface area contributed by atoms with Crippen molar-refractivity contribution in [3.63, 3.8) is 0 Å². The Morgan fingerprint density at radius 3 is 1.94 bits per heavy atom. The van der Waals surface area contributed by atoms with Crippen LogP contribution in [0.3, 0.4) is 0 Å². The number of carbonyl (C=O) groups excluding carboxylic acids is 1. The molecule has 0 bridgehead atoms. The third-order valence-electron chi connectivity index (χ3n) is 4.25. The molecule has 0 saturated carbocycles. The lowest BCUT2D eigenvalue weighted by Gasteiger charge is -2.22. The minimum absolute atomic E-state index is 0.0168. The summed E-state index contributed by atoms with van der Waals surface area (Å²) in [5, 5.41) is 4.19. The zero-order valence-corrected chi connectivity index (χ0v) is 19.7. The Morgan fingerprint density at radius 1 is 0.806 bits per heavy atom. The van der Waals surface area contributed by atoms with E-state index < -0.39 is 22.5 Å². The third kappa shape index (κ3) is 6.35. The Balaban J connectivity index is 1.88. The first-order valence-corrected chi connectivity index (χ1v) is 11.9. The molecule has 0 radical (unpaired) electrons. The van der Waals surface area contributed by atoms with Crippen LogP contribution in [0.4, 0.5) is 5.69 Å². The first-order valence-electron chi connectivity index (χ1n) is 8.90. The molecule has 1 amide bonds. The maximum atomic E-state index is 13.2. The van der Waals surface area contributed by atoms with Crippen molar-refractivity contribution in [1.82, 2.24) is 4.31 Å². The van der Waals surface area contributed by atoms with Gasteiger partial charge in [0.05, 0.1) is 22.2 Å². The highest BCUT2D eigenvalue weighted by Crippen LogP contribution is 2.26. The highest BCUT2D eigenvalue weighted by atomic mass is 35.5. The summed E-state index contributed by atoms with van der Waals surface area (Å²) in [5.41, 5.74) is 0.991. The molecule has 0 aliphatic carbocycles. The van der Waals surface area contributed by atoms with Crippen LogP contribution in [0.25, 0.3) is 0 Å². The minimum Gasteiger partial charge on any atom is -0.324 e. The van der Waals surface area contributed by atoms with Gasteiger partial charge in [0.2, 0.25) is 15.9 Å². The maximum Gasteiger partial charge on any atom is 0.243 e. The van der Waals surface area contributed by atoms with Crippen LogP contribution in [0, 0.1) is 0 Å². The molecular weight excluding hydrogens is 502 g/mol. The van der Waals surface area contributed by atoms with Gasteiger partial charge in [0.1, 0.15) is 0 Å². The standard InChI is InChI=1S/C21H16Cl4N2O3S/c22-15-3-1-14(2-4-15)12-27(31(29,30)18-8-5-16(23)6-9-18)13-21(28)26-20-10-7-17(24)11-19(20)25/h1-11H,12-13H2,(H,26,28). The van der Waals surface area contributed by atoms with Crippen LogP contribution >= 0.6 is 46.4 Å². The van der Waals surface area contributed by atoms with Gasteiger partial charge in [0, 0.05) is 21.6 Å². The highest BCUT2D eigenvalue weighted by Gasteiger charge is 2.27. The van der Waals surface area contributed by atoms with E-state index in [1.807, 2.05) is 0 Å². The Morgan fingerprint density at radius 2 is 1.35 bits per heavy atom. The average Bonchev–Trinajstić information content (AvgIpc) is 2.71. The lowest BCUT2D eigenvalue weighted by Crippen LogP contribution is -2.37. The van der Waals surface area contributed by atoms with Crippen LogP contribution in [0.1, 0.15) is 5.56 Å². The van der Waals surface area contributed by atoms with Gasteiger partial charge in [-0.1, -0.05) is 58.5 Å². The molecule has 0 spiro atoms. The van der Waals surface area contributed by atoms with E-state index in [0.29, 0.717) is 26.3 Å². The van der Waals surface area contributed by atoms with Crippen molar-refractivity contribution in [2.45, 2.75) is 11.4 Å². The summed E-state index contributed by atoms with van der Waals surface area (Å²) in [5.74, 6) is -0.560. The van der Waals surface area contributed by atoms with Gasteiger partial charge in [-0.05, 0) is 60.2 Å². The largest absolute Gasteiger partial charge is 0.324 e. The Labute approximate surface area is 200 Å². The van der Waals surface area contributed by atoms with Crippen molar-refractivity contribution in [3.8, 4) is 0 Å². The number of carbonyl (C=O) groups is 1. The summed E-state index contributed by atoms with van der Waals surface area (Å²) in [6.07, 6.45) is 0. The van der Waals surface area contributed by atoms with E-state index in [9.17, 15) is 13.2 Å². The number of amides is 1. The van der Waals surface area contributed by atoms with Crippen molar-refractivity contribution >= 4 is 68.0 Å². The molecule has 3 aromatic rings. The molecule has 0 fully saturated rings. The summed E-state index contributed by atoms with van der Waals surface area (Å²) in [4.78, 5) is 12.7. The second kappa shape index (κ2) is 10.2. The molecule has 0 aromatic heterocycles. The minimum atomic E-state index is -4.00. The molecule has 0 saturated heterocycles. The van der Waals surface area contributed by atoms with E-state index in [4.69, 9.17) is 46.4 Å². The summed E-state index contributed by atoms with van der Waals surface area (Å²) in [7, 11) is -4.00. The number of rotatable bonds is 7. The van der Waals surface area contributed by atoms with Crippen molar-refractivity contribution in [2.24, 2.45) is 0 Å². The highest BCUT2D eigenvalue weighted by molar-refractivity contribution is 7.89. The number of nitrogens with one attached hydrogen (secondary N) is 1. The molecule has 3 aromatic carbocycles. The Kier molecular flexibility index (Phi) is 7.86. The zero-order chi connectivity index (χ0) is 22.6. The van der Waals surface area contributed by atoms with Gasteiger partial charge in [0.15, 0.2) is 0 Å². The summed E-state index contributed by atoms with van der Waals surface area (Å²) < 4.78 is 27.6. The molecular formula is C21H16Cl4N2O3S. The molecule has 0 unspecified atom stereocenters. The topological polar surface area (TPSA) is 66.5 Å². The first kappa shape index (κ1) is 23.9. The van der Waals surface area contributed by atoms with Gasteiger partial charge in [-0.25, -0.2) is 8.42 Å². The van der Waals surface area contributed by atoms with Crippen LogP contribution in [-0.2, 0) is 21.4 Å². The maximum absolute atomic E-state index is 13.2. The fourth-order valence-corrected chi connectivity index (χ4v) is 4.81. The molecule has 0 aliphatic rings. The Bertz CT molecular complexity index is 1180. The quantitative estimate of drug-likeness (QED) is 0.410. The van der Waals surface area contributed by atoms with Crippen LogP contribution in [-0.4, -0.2) is 25.2 Å². The number of hydrogen-bond acceptors (Lipinski definition) is 3. The number of sulfonamides is 1. The zero-order valence-electron chi connectivity index (χ0n) is 15.9. The number of nitrogens with zero attached hydrogens (tertiary/aromatic N) is 1. The second-order valence-electron chi connectivity index (χ2n) is 6.53. The van der Waals surface area contributed by atoms with E-state index in [0.717, 1.165) is 4.31 Å². The van der Waals surface area contributed by atoms with Gasteiger partial charge in [-0.3, -0.25) is 4.79 Å². The number of hydrogen-bond donors (Lipinski definition) is 1. The summed E-state index contributed by atoms with van der Waals surface area (Å²) in [6.45, 7) is -0.476. The monoisotopic (exact) mass is 516 g/mol. The Hall–Kier alpha value is -1.80. The number of anilines is 1. The van der Waals surface area contributed by atoms with Gasteiger partial charge in [-0.2, -0.15) is 4.31 Å². The smallest absolute Gasteiger partial charge is 0.243 e. The molecule has 1 N–H and O–H groups in total. The van der Waals surface area contributed by atoms with E-state index in [-0.39, 0.29) is 16.5 Å². The fourth-order valence-electron chi connectivity index (χ4n) is 2.72. The normalized spacial score (nSPS) is 11.5. The van der Waals surface area contributed by atoms with Gasteiger partial charge in [0.25, 0.3) is 0 Å². The van der Waals surface area contributed by atoms with E-state index in [1.165, 1.54) is 30.3 Å². The molecule has 5 nitrogen and oxygen atoms in total. The van der Waals surface area contributed by atoms with Crippen LogP contribution in [0.15, 0.2) is 71.6 Å². The van der Waals surface area contributed by atoms with E-state index in [2.05, 4.69) is 5.32 Å². The van der Waals surface area contributed by atoms with Crippen molar-refractivity contribution in [1.29, 1.82) is 0 Å². The van der Waals surface area contributed by atoms with Crippen molar-refractivity contribution in [2.75, 3.05) is 11.9 Å². The lowest BCUT2D eigenvalue weighted by atomic mass is 10.2. The van der Waals surface area contributed by atoms with Gasteiger partial charge >= 0.3 is 0 Å². The summed E-state index contributed by atoms with van der Waals surface area (Å²) in [6, 6.07) is 17.0. The van der Waals surface area contributed by atoms with E-state index >= 15 is 0 Å². The fraction of sp³-hybridized carbons (Fsp3) is 0.0952. The lowest BCUT2D eigenvalue weighted by molar-refractivity contribution is -0.116. The van der Waals surface area contributed by atoms with Crippen molar-refractivity contribution in [3.05, 3.63) is 92.4 Å². The molecule has 162 valence electrons. The van der Waals surface area contributed by atoms with Crippen LogP contribution in [0.5, 0.6) is 0 Å². The summed E-state index contributed by atoms with van der Waals surface area (Å²) >= 11 is 23.8. The number of benzene rings is 3. The van der Waals surface area contributed by atoms with Gasteiger partial charge in [-0.15, -0.1) is 0 Å². The number of halogens is 4. The predicted molar refractivity (Wildman–Crippen MR) is 126 cm³/mol. The SMILES string of the molecule is O=C(CN(Cc1ccc(Cl)cc1)S(=O)(=O)c1ccc(Cl)cc1)Nc1ccc(Cl)cc1Cl. The first-order chi connectivity index (χ1) is 14.6. The van der Waals surface area contributed by atoms with E-state index in [1.54, 1.807) is 36.4 Å². The molecule has 0 atom stereocenters. The molecule has 31 heavy (non-hydrogen) atoms. The third-order valence-corrected chi connectivity index (χ3v) is 7.11. The molecule has 10 heteroatoms. The molecule has 0 aliphatic heterocycles. The molecule has 0 heterocycles. The average molecular weight is 518 g/mol. The predicted octanol–water partition coefficient (Wildman–Crippen LogP) is 6.13. The van der Waals surface area contributed by atoms with Gasteiger partial charge < -0.3 is 5.32 Å².